The summed E-state index contributed by atoms with van der Waals surface area (Å²) in [5, 5.41) is 21.6. The fourth-order valence-electron chi connectivity index (χ4n) is 1.45. The summed E-state index contributed by atoms with van der Waals surface area (Å²) in [5.41, 5.74) is 0.535. The molecule has 2 aromatic rings. The van der Waals surface area contributed by atoms with E-state index >= 15 is 0 Å². The van der Waals surface area contributed by atoms with Crippen LogP contribution in [0.15, 0.2) is 24.5 Å². The van der Waals surface area contributed by atoms with Crippen LogP contribution in [0.1, 0.15) is 5.82 Å². The van der Waals surface area contributed by atoms with E-state index in [4.69, 9.17) is 0 Å². The number of aromatic nitrogens is 3. The van der Waals surface area contributed by atoms with Crippen LogP contribution in [-0.4, -0.2) is 19.7 Å². The molecule has 18 heavy (non-hydrogen) atoms. The lowest BCUT2D eigenvalue weighted by Crippen LogP contribution is -2.07. The Morgan fingerprint density at radius 1 is 1.56 bits per heavy atom. The van der Waals surface area contributed by atoms with Crippen molar-refractivity contribution < 1.29 is 4.92 Å². The second-order valence-corrected chi connectivity index (χ2v) is 4.88. The third-order valence-electron chi connectivity index (χ3n) is 2.40. The molecule has 1 N–H and O–H groups in total. The van der Waals surface area contributed by atoms with Crippen molar-refractivity contribution in [1.82, 2.24) is 14.8 Å². The predicted octanol–water partition coefficient (Wildman–Crippen LogP) is 1.94. The second kappa shape index (κ2) is 5.29. The maximum absolute atomic E-state index is 10.9. The standard InChI is InChI=1S/C10H10IN5O2/c1-15-6-13-14-10(15)5-12-8-3-2-7(11)4-9(8)16(17)18/h2-4,6,12H,5H2,1H3. The van der Waals surface area contributed by atoms with Crippen molar-refractivity contribution >= 4 is 34.0 Å². The highest BCUT2D eigenvalue weighted by Crippen LogP contribution is 2.26. The van der Waals surface area contributed by atoms with Crippen molar-refractivity contribution in [2.45, 2.75) is 6.54 Å². The zero-order valence-corrected chi connectivity index (χ0v) is 11.7. The molecule has 0 aliphatic rings. The van der Waals surface area contributed by atoms with E-state index in [1.165, 1.54) is 6.07 Å². The summed E-state index contributed by atoms with van der Waals surface area (Å²) in [4.78, 5) is 10.5. The van der Waals surface area contributed by atoms with E-state index in [0.717, 1.165) is 3.57 Å². The molecule has 0 aliphatic carbocycles. The quantitative estimate of drug-likeness (QED) is 0.512. The Morgan fingerprint density at radius 3 is 2.94 bits per heavy atom. The molecular weight excluding hydrogens is 349 g/mol. The van der Waals surface area contributed by atoms with Crippen LogP contribution in [0.2, 0.25) is 0 Å². The van der Waals surface area contributed by atoms with E-state index in [1.807, 2.05) is 35.7 Å². The Balaban J connectivity index is 2.19. The molecule has 0 saturated heterocycles. The molecule has 0 amide bonds. The van der Waals surface area contributed by atoms with Crippen molar-refractivity contribution in [3.63, 3.8) is 0 Å². The number of aryl methyl sites for hydroxylation is 1. The number of halogens is 1. The molecule has 7 nitrogen and oxygen atoms in total. The Hall–Kier alpha value is -1.71. The van der Waals surface area contributed by atoms with Crippen molar-refractivity contribution in [1.29, 1.82) is 0 Å². The fourth-order valence-corrected chi connectivity index (χ4v) is 1.92. The molecule has 1 heterocycles. The molecule has 1 aromatic heterocycles. The fraction of sp³-hybridized carbons (Fsp3) is 0.200. The number of rotatable bonds is 4. The molecule has 0 aliphatic heterocycles. The van der Waals surface area contributed by atoms with Gasteiger partial charge in [-0.05, 0) is 34.7 Å². The number of nitro benzene ring substituents is 1. The average Bonchev–Trinajstić information content (AvgIpc) is 2.73. The van der Waals surface area contributed by atoms with Crippen LogP contribution in [0.5, 0.6) is 0 Å². The van der Waals surface area contributed by atoms with Gasteiger partial charge in [-0.3, -0.25) is 10.1 Å². The molecule has 0 fully saturated rings. The Labute approximate surface area is 117 Å². The van der Waals surface area contributed by atoms with Crippen molar-refractivity contribution in [3.8, 4) is 0 Å². The molecule has 0 radical (unpaired) electrons. The first-order chi connectivity index (χ1) is 8.58. The predicted molar refractivity (Wildman–Crippen MR) is 74.1 cm³/mol. The van der Waals surface area contributed by atoms with Gasteiger partial charge in [-0.1, -0.05) is 0 Å². The van der Waals surface area contributed by atoms with Crippen molar-refractivity contribution in [3.05, 3.63) is 44.0 Å². The third kappa shape index (κ3) is 2.75. The lowest BCUT2D eigenvalue weighted by molar-refractivity contribution is -0.384. The summed E-state index contributed by atoms with van der Waals surface area (Å²) in [6.45, 7) is 0.387. The van der Waals surface area contributed by atoms with E-state index < -0.39 is 4.92 Å². The van der Waals surface area contributed by atoms with Gasteiger partial charge in [0.15, 0.2) is 5.82 Å². The molecule has 0 saturated carbocycles. The summed E-state index contributed by atoms with van der Waals surface area (Å²) in [6.07, 6.45) is 1.58. The van der Waals surface area contributed by atoms with Crippen molar-refractivity contribution in [2.75, 3.05) is 5.32 Å². The van der Waals surface area contributed by atoms with Gasteiger partial charge in [0.2, 0.25) is 0 Å². The first kappa shape index (κ1) is 12.7. The van der Waals surface area contributed by atoms with Crippen LogP contribution in [0.4, 0.5) is 11.4 Å². The Bertz CT molecular complexity index is 583. The molecular formula is C10H10IN5O2. The van der Waals surface area contributed by atoms with Gasteiger partial charge in [-0.15, -0.1) is 10.2 Å². The molecule has 8 heteroatoms. The van der Waals surface area contributed by atoms with Crippen LogP contribution < -0.4 is 5.32 Å². The molecule has 0 unspecified atom stereocenters. The van der Waals surface area contributed by atoms with E-state index in [-0.39, 0.29) is 5.69 Å². The van der Waals surface area contributed by atoms with Gasteiger partial charge in [0.25, 0.3) is 5.69 Å². The molecule has 94 valence electrons. The van der Waals surface area contributed by atoms with E-state index in [2.05, 4.69) is 15.5 Å². The number of nitrogens with one attached hydrogen (secondary N) is 1. The number of nitrogens with zero attached hydrogens (tertiary/aromatic N) is 4. The summed E-state index contributed by atoms with van der Waals surface area (Å²) in [6, 6.07) is 5.03. The highest BCUT2D eigenvalue weighted by molar-refractivity contribution is 14.1. The minimum Gasteiger partial charge on any atom is -0.372 e. The maximum Gasteiger partial charge on any atom is 0.293 e. The van der Waals surface area contributed by atoms with E-state index in [0.29, 0.717) is 18.1 Å². The van der Waals surface area contributed by atoms with Gasteiger partial charge in [0, 0.05) is 16.7 Å². The second-order valence-electron chi connectivity index (χ2n) is 3.63. The summed E-state index contributed by atoms with van der Waals surface area (Å²) < 4.78 is 2.58. The number of hydrogen-bond acceptors (Lipinski definition) is 5. The topological polar surface area (TPSA) is 85.9 Å². The number of benzene rings is 1. The summed E-state index contributed by atoms with van der Waals surface area (Å²) >= 11 is 2.04. The molecule has 1 aromatic carbocycles. The number of hydrogen-bond donors (Lipinski definition) is 1. The van der Waals surface area contributed by atoms with Crippen LogP contribution in [0, 0.1) is 13.7 Å². The monoisotopic (exact) mass is 359 g/mol. The zero-order valence-electron chi connectivity index (χ0n) is 9.50. The van der Waals surface area contributed by atoms with Crippen LogP contribution >= 0.6 is 22.6 Å². The van der Waals surface area contributed by atoms with Crippen LogP contribution in [-0.2, 0) is 13.6 Å². The van der Waals surface area contributed by atoms with Gasteiger partial charge in [0.05, 0.1) is 11.5 Å². The van der Waals surface area contributed by atoms with Gasteiger partial charge >= 0.3 is 0 Å². The van der Waals surface area contributed by atoms with Gasteiger partial charge < -0.3 is 9.88 Å². The summed E-state index contributed by atoms with van der Waals surface area (Å²) in [7, 11) is 1.82. The lowest BCUT2D eigenvalue weighted by Gasteiger charge is -2.06. The highest BCUT2D eigenvalue weighted by atomic mass is 127. The molecule has 0 atom stereocenters. The first-order valence-corrected chi connectivity index (χ1v) is 6.16. The lowest BCUT2D eigenvalue weighted by atomic mass is 10.2. The largest absolute Gasteiger partial charge is 0.372 e. The Morgan fingerprint density at radius 2 is 2.33 bits per heavy atom. The number of anilines is 1. The molecule has 0 bridgehead atoms. The maximum atomic E-state index is 10.9. The summed E-state index contributed by atoms with van der Waals surface area (Å²) in [5.74, 6) is 0.711. The highest BCUT2D eigenvalue weighted by Gasteiger charge is 2.14. The van der Waals surface area contributed by atoms with Gasteiger partial charge in [-0.25, -0.2) is 0 Å². The van der Waals surface area contributed by atoms with Crippen LogP contribution in [0.3, 0.4) is 0 Å². The SMILES string of the molecule is Cn1cnnc1CNc1ccc(I)cc1[N+](=O)[O-]. The van der Waals surface area contributed by atoms with Gasteiger partial charge in [-0.2, -0.15) is 0 Å². The third-order valence-corrected chi connectivity index (χ3v) is 3.07. The molecule has 0 spiro atoms. The van der Waals surface area contributed by atoms with Crippen LogP contribution in [0.25, 0.3) is 0 Å². The van der Waals surface area contributed by atoms with E-state index in [9.17, 15) is 10.1 Å². The Kier molecular flexibility index (Phi) is 3.75. The first-order valence-electron chi connectivity index (χ1n) is 5.08. The minimum absolute atomic E-state index is 0.0593. The van der Waals surface area contributed by atoms with E-state index in [1.54, 1.807) is 17.0 Å². The smallest absolute Gasteiger partial charge is 0.293 e. The van der Waals surface area contributed by atoms with Crippen molar-refractivity contribution in [2.24, 2.45) is 7.05 Å². The minimum atomic E-state index is -0.402. The molecule has 2 rings (SSSR count). The average molecular weight is 359 g/mol. The zero-order chi connectivity index (χ0) is 13.1. The normalized spacial score (nSPS) is 10.3. The van der Waals surface area contributed by atoms with Gasteiger partial charge in [0.1, 0.15) is 12.0 Å². The number of nitro groups is 1.